The highest BCUT2D eigenvalue weighted by atomic mass is 32.2. The number of pyridine rings is 1. The predicted octanol–water partition coefficient (Wildman–Crippen LogP) is 1.73. The van der Waals surface area contributed by atoms with E-state index in [9.17, 15) is 19.2 Å². The normalized spacial score (nSPS) is 19.5. The molecule has 2 aromatic heterocycles. The zero-order valence-electron chi connectivity index (χ0n) is 20.4. The Morgan fingerprint density at radius 1 is 1.36 bits per heavy atom. The number of nitrogens with zero attached hydrogens (tertiary/aromatic N) is 4. The Morgan fingerprint density at radius 3 is 2.81 bits per heavy atom. The van der Waals surface area contributed by atoms with Gasteiger partial charge in [0.05, 0.1) is 24.0 Å². The minimum Gasteiger partial charge on any atom is -0.469 e. The minimum atomic E-state index is -0.924. The molecular formula is C24H27N5O5S2. The van der Waals surface area contributed by atoms with E-state index in [0.717, 1.165) is 17.3 Å². The van der Waals surface area contributed by atoms with Crippen LogP contribution in [0.4, 0.5) is 5.82 Å². The molecule has 4 rings (SSSR count). The first-order chi connectivity index (χ1) is 17.1. The number of aromatic nitrogens is 2. The van der Waals surface area contributed by atoms with Crippen LogP contribution < -0.4 is 15.8 Å². The Morgan fingerprint density at radius 2 is 2.11 bits per heavy atom. The number of piperazine rings is 1. The molecule has 1 unspecified atom stereocenters. The van der Waals surface area contributed by atoms with Gasteiger partial charge in [-0.15, -0.1) is 0 Å². The number of carbonyl (C=O) groups is 3. The SMILES string of the molecule is COC(=O)CC1C(=O)NCCN1c1nc2c(C)cccn2c(=O)c1/C=C1\SC(=S)N(CC(C)C)C1=O. The number of ether oxygens (including phenoxy) is 1. The second-order valence-electron chi connectivity index (χ2n) is 9.01. The van der Waals surface area contributed by atoms with Crippen LogP contribution in [0.3, 0.4) is 0 Å². The van der Waals surface area contributed by atoms with Crippen molar-refractivity contribution in [3.05, 3.63) is 44.7 Å². The van der Waals surface area contributed by atoms with E-state index in [4.69, 9.17) is 21.9 Å². The van der Waals surface area contributed by atoms with Gasteiger partial charge in [-0.1, -0.05) is 43.9 Å². The second kappa shape index (κ2) is 10.4. The highest BCUT2D eigenvalue weighted by Crippen LogP contribution is 2.34. The number of hydrogen-bond acceptors (Lipinski definition) is 9. The van der Waals surface area contributed by atoms with E-state index in [-0.39, 0.29) is 35.5 Å². The van der Waals surface area contributed by atoms with Crippen LogP contribution in [0, 0.1) is 12.8 Å². The average molecular weight is 530 g/mol. The Labute approximate surface area is 217 Å². The average Bonchev–Trinajstić information content (AvgIpc) is 3.09. The maximum absolute atomic E-state index is 13.7. The van der Waals surface area contributed by atoms with Gasteiger partial charge in [-0.25, -0.2) is 4.98 Å². The van der Waals surface area contributed by atoms with E-state index < -0.39 is 17.6 Å². The number of rotatable bonds is 6. The third kappa shape index (κ3) is 4.87. The summed E-state index contributed by atoms with van der Waals surface area (Å²) in [5, 5.41) is 2.76. The van der Waals surface area contributed by atoms with Crippen molar-refractivity contribution < 1.29 is 19.1 Å². The summed E-state index contributed by atoms with van der Waals surface area (Å²) in [6.45, 7) is 6.91. The van der Waals surface area contributed by atoms with Crippen LogP contribution in [0.1, 0.15) is 31.4 Å². The summed E-state index contributed by atoms with van der Waals surface area (Å²) in [5.74, 6) is -0.767. The highest BCUT2D eigenvalue weighted by molar-refractivity contribution is 8.26. The summed E-state index contributed by atoms with van der Waals surface area (Å²) >= 11 is 6.55. The lowest BCUT2D eigenvalue weighted by Crippen LogP contribution is -2.57. The van der Waals surface area contributed by atoms with Crippen molar-refractivity contribution >= 4 is 63.6 Å². The molecule has 2 fully saturated rings. The molecule has 2 aliphatic heterocycles. The van der Waals surface area contributed by atoms with Crippen LogP contribution in [0.15, 0.2) is 28.0 Å². The molecule has 0 aliphatic carbocycles. The number of anilines is 1. The standard InChI is InChI=1S/C24H27N5O5S2/c1-13(2)12-29-23(33)17(36-24(29)35)10-15-20(26-19-14(3)6-5-8-28(19)22(15)32)27-9-7-25-21(31)16(27)11-18(30)34-4/h5-6,8,10,13,16H,7,9,11-12H2,1-4H3,(H,25,31)/b17-10-. The maximum atomic E-state index is 13.7. The van der Waals surface area contributed by atoms with Gasteiger partial charge in [0.1, 0.15) is 21.8 Å². The summed E-state index contributed by atoms with van der Waals surface area (Å²) in [7, 11) is 1.25. The molecule has 1 N–H and O–H groups in total. The van der Waals surface area contributed by atoms with Crippen LogP contribution in [-0.2, 0) is 19.1 Å². The third-order valence-corrected chi connectivity index (χ3v) is 7.33. The van der Waals surface area contributed by atoms with Crippen molar-refractivity contribution in [2.45, 2.75) is 33.2 Å². The first-order valence-corrected chi connectivity index (χ1v) is 12.7. The van der Waals surface area contributed by atoms with E-state index in [2.05, 4.69) is 5.32 Å². The van der Waals surface area contributed by atoms with Gasteiger partial charge in [0.2, 0.25) is 5.91 Å². The van der Waals surface area contributed by atoms with Gasteiger partial charge >= 0.3 is 5.97 Å². The number of nitrogens with one attached hydrogen (secondary N) is 1. The first kappa shape index (κ1) is 25.8. The van der Waals surface area contributed by atoms with Crippen LogP contribution in [-0.4, -0.2) is 69.2 Å². The van der Waals surface area contributed by atoms with Crippen molar-refractivity contribution in [2.24, 2.45) is 5.92 Å². The molecule has 190 valence electrons. The monoisotopic (exact) mass is 529 g/mol. The molecule has 12 heteroatoms. The van der Waals surface area contributed by atoms with Gasteiger partial charge in [0.15, 0.2) is 0 Å². The summed E-state index contributed by atoms with van der Waals surface area (Å²) in [6, 6.07) is 2.65. The van der Waals surface area contributed by atoms with E-state index in [0.29, 0.717) is 34.5 Å². The molecule has 2 saturated heterocycles. The second-order valence-corrected chi connectivity index (χ2v) is 10.7. The number of esters is 1. The molecule has 1 atom stereocenters. The van der Waals surface area contributed by atoms with Gasteiger partial charge in [-0.05, 0) is 30.5 Å². The minimum absolute atomic E-state index is 0.146. The molecule has 0 saturated carbocycles. The molecule has 36 heavy (non-hydrogen) atoms. The number of carbonyl (C=O) groups excluding carboxylic acids is 3. The Bertz CT molecular complexity index is 1350. The molecule has 0 radical (unpaired) electrons. The van der Waals surface area contributed by atoms with Crippen LogP contribution in [0.2, 0.25) is 0 Å². The fourth-order valence-corrected chi connectivity index (χ4v) is 5.47. The zero-order valence-corrected chi connectivity index (χ0v) is 22.1. The van der Waals surface area contributed by atoms with Gasteiger partial charge in [0, 0.05) is 25.8 Å². The number of thiocarbonyl (C=S) groups is 1. The molecule has 0 aromatic carbocycles. The Balaban J connectivity index is 1.90. The molecule has 2 aromatic rings. The number of methoxy groups -OCH3 is 1. The maximum Gasteiger partial charge on any atom is 0.308 e. The lowest BCUT2D eigenvalue weighted by molar-refractivity contribution is -0.143. The van der Waals surface area contributed by atoms with Crippen LogP contribution in [0.25, 0.3) is 11.7 Å². The molecular weight excluding hydrogens is 502 g/mol. The molecule has 2 amide bonds. The highest BCUT2D eigenvalue weighted by Gasteiger charge is 2.37. The van der Waals surface area contributed by atoms with Crippen molar-refractivity contribution in [1.29, 1.82) is 0 Å². The fourth-order valence-electron chi connectivity index (χ4n) is 4.21. The molecule has 4 heterocycles. The number of aryl methyl sites for hydroxylation is 1. The zero-order chi connectivity index (χ0) is 26.1. The summed E-state index contributed by atoms with van der Waals surface area (Å²) < 4.78 is 6.63. The largest absolute Gasteiger partial charge is 0.469 e. The Hall–Kier alpha value is -3.25. The Kier molecular flexibility index (Phi) is 7.46. The van der Waals surface area contributed by atoms with E-state index in [1.54, 1.807) is 17.2 Å². The predicted molar refractivity (Wildman–Crippen MR) is 142 cm³/mol. The fraction of sp³-hybridized carbons (Fsp3) is 0.417. The topological polar surface area (TPSA) is 113 Å². The van der Waals surface area contributed by atoms with Crippen LogP contribution >= 0.6 is 24.0 Å². The summed E-state index contributed by atoms with van der Waals surface area (Å²) in [5.41, 5.74) is 0.935. The van der Waals surface area contributed by atoms with E-state index in [1.165, 1.54) is 22.5 Å². The summed E-state index contributed by atoms with van der Waals surface area (Å²) in [4.78, 5) is 60.0. The molecule has 0 spiro atoms. The van der Waals surface area contributed by atoms with Gasteiger partial charge in [-0.3, -0.25) is 28.5 Å². The van der Waals surface area contributed by atoms with Crippen molar-refractivity contribution in [2.75, 3.05) is 31.6 Å². The first-order valence-electron chi connectivity index (χ1n) is 11.5. The molecule has 2 aliphatic rings. The number of thioether (sulfide) groups is 1. The van der Waals surface area contributed by atoms with Crippen LogP contribution in [0.5, 0.6) is 0 Å². The van der Waals surface area contributed by atoms with Gasteiger partial charge < -0.3 is 15.0 Å². The lowest BCUT2D eigenvalue weighted by atomic mass is 10.1. The molecule has 10 nitrogen and oxygen atoms in total. The number of fused-ring (bicyclic) bond motifs is 1. The van der Waals surface area contributed by atoms with Crippen molar-refractivity contribution in [1.82, 2.24) is 19.6 Å². The van der Waals surface area contributed by atoms with Crippen molar-refractivity contribution in [3.8, 4) is 0 Å². The van der Waals surface area contributed by atoms with Gasteiger partial charge in [-0.2, -0.15) is 0 Å². The van der Waals surface area contributed by atoms with E-state index >= 15 is 0 Å². The third-order valence-electron chi connectivity index (χ3n) is 5.95. The van der Waals surface area contributed by atoms with Crippen molar-refractivity contribution in [3.63, 3.8) is 0 Å². The molecule has 0 bridgehead atoms. The lowest BCUT2D eigenvalue weighted by Gasteiger charge is -2.36. The number of hydrogen-bond donors (Lipinski definition) is 1. The smallest absolute Gasteiger partial charge is 0.308 e. The van der Waals surface area contributed by atoms with Gasteiger partial charge in [0.25, 0.3) is 11.5 Å². The summed E-state index contributed by atoms with van der Waals surface area (Å²) in [6.07, 6.45) is 2.89. The number of amides is 2. The quantitative estimate of drug-likeness (QED) is 0.340. The van der Waals surface area contributed by atoms with E-state index in [1.807, 2.05) is 26.8 Å².